The lowest BCUT2D eigenvalue weighted by atomic mass is 9.90. The molecule has 1 aliphatic heterocycles. The minimum absolute atomic E-state index is 0.0906. The molecule has 1 N–H and O–H groups in total. The molecular formula is C15H12N4O4S. The van der Waals surface area contributed by atoms with Crippen LogP contribution in [0.2, 0.25) is 0 Å². The lowest BCUT2D eigenvalue weighted by Gasteiger charge is -2.20. The van der Waals surface area contributed by atoms with Crippen LogP contribution in [-0.2, 0) is 16.8 Å². The molecular weight excluding hydrogens is 332 g/mol. The predicted molar refractivity (Wildman–Crippen MR) is 87.2 cm³/mol. The van der Waals surface area contributed by atoms with Gasteiger partial charge in [-0.05, 0) is 11.0 Å². The molecule has 0 saturated carbocycles. The number of rotatable bonds is 3. The second-order valence-electron chi connectivity index (χ2n) is 5.61. The number of aromatic nitrogens is 2. The van der Waals surface area contributed by atoms with Crippen LogP contribution in [0.15, 0.2) is 35.8 Å². The summed E-state index contributed by atoms with van der Waals surface area (Å²) in [5.74, 6) is -0.742. The van der Waals surface area contributed by atoms with E-state index in [1.807, 2.05) is 0 Å². The Balaban J connectivity index is 1.86. The van der Waals surface area contributed by atoms with Crippen LogP contribution in [0, 0.1) is 10.1 Å². The first-order chi connectivity index (χ1) is 11.4. The number of nitrogens with zero attached hydrogens (tertiary/aromatic N) is 4. The van der Waals surface area contributed by atoms with Gasteiger partial charge in [-0.2, -0.15) is 9.38 Å². The minimum atomic E-state index is -1.86. The molecule has 0 fully saturated rings. The normalized spacial score (nSPS) is 19.9. The third-order valence-electron chi connectivity index (χ3n) is 4.27. The van der Waals surface area contributed by atoms with Crippen molar-refractivity contribution in [3.8, 4) is 0 Å². The van der Waals surface area contributed by atoms with Crippen molar-refractivity contribution >= 4 is 33.7 Å². The van der Waals surface area contributed by atoms with E-state index in [1.54, 1.807) is 42.9 Å². The van der Waals surface area contributed by atoms with Gasteiger partial charge in [-0.25, -0.2) is 0 Å². The van der Waals surface area contributed by atoms with Crippen LogP contribution in [0.4, 0.5) is 11.5 Å². The van der Waals surface area contributed by atoms with Gasteiger partial charge in [0.15, 0.2) is 5.60 Å². The summed E-state index contributed by atoms with van der Waals surface area (Å²) < 4.78 is 1.36. The molecule has 0 radical (unpaired) electrons. The number of thiazole rings is 1. The number of amides is 1. The van der Waals surface area contributed by atoms with Gasteiger partial charge in [0.05, 0.1) is 5.69 Å². The van der Waals surface area contributed by atoms with E-state index in [1.165, 1.54) is 20.6 Å². The van der Waals surface area contributed by atoms with Crippen molar-refractivity contribution in [2.24, 2.45) is 0 Å². The van der Waals surface area contributed by atoms with Crippen LogP contribution < -0.4 is 4.90 Å². The van der Waals surface area contributed by atoms with Crippen LogP contribution in [0.3, 0.4) is 0 Å². The molecule has 3 heterocycles. The van der Waals surface area contributed by atoms with Gasteiger partial charge in [0.2, 0.25) is 0 Å². The minimum Gasteiger partial charge on any atom is -0.375 e. The molecule has 1 aromatic carbocycles. The van der Waals surface area contributed by atoms with E-state index in [2.05, 4.69) is 4.98 Å². The average molecular weight is 344 g/mol. The molecule has 1 amide bonds. The third kappa shape index (κ3) is 1.82. The van der Waals surface area contributed by atoms with E-state index in [0.717, 1.165) is 0 Å². The van der Waals surface area contributed by atoms with Gasteiger partial charge in [0, 0.05) is 24.4 Å². The fourth-order valence-corrected chi connectivity index (χ4v) is 3.89. The summed E-state index contributed by atoms with van der Waals surface area (Å²) >= 11 is 1.25. The van der Waals surface area contributed by atoms with Gasteiger partial charge < -0.3 is 20.1 Å². The lowest BCUT2D eigenvalue weighted by molar-refractivity contribution is -0.391. The highest BCUT2D eigenvalue weighted by Crippen LogP contribution is 2.42. The highest BCUT2D eigenvalue weighted by atomic mass is 32.1. The van der Waals surface area contributed by atoms with E-state index in [-0.39, 0.29) is 17.9 Å². The fourth-order valence-electron chi connectivity index (χ4n) is 3.16. The summed E-state index contributed by atoms with van der Waals surface area (Å²) in [5.41, 5.74) is -0.746. The molecule has 1 atom stereocenters. The lowest BCUT2D eigenvalue weighted by Crippen LogP contribution is -2.40. The van der Waals surface area contributed by atoms with Crippen molar-refractivity contribution in [2.45, 2.75) is 12.0 Å². The second kappa shape index (κ2) is 4.86. The van der Waals surface area contributed by atoms with Crippen LogP contribution in [0.1, 0.15) is 11.3 Å². The van der Waals surface area contributed by atoms with Crippen molar-refractivity contribution in [1.82, 2.24) is 9.38 Å². The van der Waals surface area contributed by atoms with Gasteiger partial charge in [0.25, 0.3) is 10.9 Å². The first-order valence-electron chi connectivity index (χ1n) is 7.12. The molecule has 1 aliphatic rings. The number of fused-ring (bicyclic) bond motifs is 2. The average Bonchev–Trinajstić information content (AvgIpc) is 3.17. The number of aliphatic hydroxyl groups is 1. The molecule has 0 saturated heterocycles. The van der Waals surface area contributed by atoms with Crippen molar-refractivity contribution in [3.05, 3.63) is 57.2 Å². The summed E-state index contributed by atoms with van der Waals surface area (Å²) in [5, 5.41) is 24.2. The number of carbonyl (C=O) groups excluding carboxylic acids is 1. The Morgan fingerprint density at radius 2 is 2.17 bits per heavy atom. The number of hydrogen-bond donors (Lipinski definition) is 1. The number of anilines is 1. The van der Waals surface area contributed by atoms with Crippen molar-refractivity contribution in [1.29, 1.82) is 0 Å². The number of likely N-dealkylation sites (N-methyl/N-ethyl adjacent to an activating group) is 1. The number of nitro groups is 1. The Morgan fingerprint density at radius 3 is 2.92 bits per heavy atom. The van der Waals surface area contributed by atoms with Gasteiger partial charge in [0.1, 0.15) is 11.9 Å². The Morgan fingerprint density at radius 1 is 1.42 bits per heavy atom. The van der Waals surface area contributed by atoms with Gasteiger partial charge in [-0.3, -0.25) is 4.79 Å². The number of imidazole rings is 1. The van der Waals surface area contributed by atoms with E-state index in [4.69, 9.17) is 0 Å². The number of benzene rings is 1. The molecule has 24 heavy (non-hydrogen) atoms. The predicted octanol–water partition coefficient (Wildman–Crippen LogP) is 1.71. The molecule has 3 aromatic rings. The summed E-state index contributed by atoms with van der Waals surface area (Å²) in [6.07, 6.45) is 1.30. The van der Waals surface area contributed by atoms with Gasteiger partial charge >= 0.3 is 5.82 Å². The van der Waals surface area contributed by atoms with E-state index in [9.17, 15) is 20.0 Å². The van der Waals surface area contributed by atoms with Gasteiger partial charge in [-0.15, -0.1) is 0 Å². The zero-order valence-corrected chi connectivity index (χ0v) is 13.4. The monoisotopic (exact) mass is 344 g/mol. The topological polar surface area (TPSA) is 101 Å². The third-order valence-corrected chi connectivity index (χ3v) is 5.03. The standard InChI is InChI=1S/C15H12N4O4S/c1-17-11-5-3-2-4-9(11)15(21,13(17)20)8-10-12(19(22)23)18-6-7-24-14(18)16-10/h2-7,21H,8H2,1H3. The smallest absolute Gasteiger partial charge is 0.351 e. The van der Waals surface area contributed by atoms with E-state index in [0.29, 0.717) is 16.2 Å². The number of hydrogen-bond acceptors (Lipinski definition) is 6. The van der Waals surface area contributed by atoms with Crippen molar-refractivity contribution in [3.63, 3.8) is 0 Å². The summed E-state index contributed by atoms with van der Waals surface area (Å²) in [4.78, 5) is 29.5. The van der Waals surface area contributed by atoms with Crippen LogP contribution in [-0.4, -0.2) is 32.4 Å². The molecule has 4 rings (SSSR count). The number of carbonyl (C=O) groups is 1. The zero-order chi connectivity index (χ0) is 17.1. The SMILES string of the molecule is CN1C(=O)C(O)(Cc2nc3sccn3c2[N+](=O)[O-])c2ccccc21. The fraction of sp³-hybridized carbons (Fsp3) is 0.200. The first kappa shape index (κ1) is 14.8. The largest absolute Gasteiger partial charge is 0.375 e. The first-order valence-corrected chi connectivity index (χ1v) is 8.00. The van der Waals surface area contributed by atoms with Crippen LogP contribution in [0.25, 0.3) is 4.96 Å². The van der Waals surface area contributed by atoms with Crippen LogP contribution in [0.5, 0.6) is 0 Å². The van der Waals surface area contributed by atoms with Gasteiger partial charge in [-0.1, -0.05) is 29.5 Å². The maximum atomic E-state index is 12.6. The summed E-state index contributed by atoms with van der Waals surface area (Å²) in [6.45, 7) is 0. The maximum Gasteiger partial charge on any atom is 0.351 e. The molecule has 122 valence electrons. The summed E-state index contributed by atoms with van der Waals surface area (Å²) in [7, 11) is 1.57. The van der Waals surface area contributed by atoms with Crippen molar-refractivity contribution in [2.75, 3.05) is 11.9 Å². The Kier molecular flexibility index (Phi) is 2.99. The Bertz CT molecular complexity index is 994. The molecule has 8 nitrogen and oxygen atoms in total. The molecule has 0 spiro atoms. The molecule has 2 aromatic heterocycles. The molecule has 0 bridgehead atoms. The zero-order valence-electron chi connectivity index (χ0n) is 12.5. The van der Waals surface area contributed by atoms with Crippen LogP contribution >= 0.6 is 11.3 Å². The van der Waals surface area contributed by atoms with Crippen molar-refractivity contribution < 1.29 is 14.8 Å². The summed E-state index contributed by atoms with van der Waals surface area (Å²) in [6, 6.07) is 6.87. The second-order valence-corrected chi connectivity index (χ2v) is 6.49. The highest BCUT2D eigenvalue weighted by molar-refractivity contribution is 7.15. The maximum absolute atomic E-state index is 12.6. The molecule has 1 unspecified atom stereocenters. The number of para-hydroxylation sites is 1. The quantitative estimate of drug-likeness (QED) is 0.576. The molecule has 9 heteroatoms. The Labute approximate surface area is 139 Å². The van der Waals surface area contributed by atoms with E-state index >= 15 is 0 Å². The van der Waals surface area contributed by atoms with E-state index < -0.39 is 16.4 Å². The molecule has 0 aliphatic carbocycles. The Hall–Kier alpha value is -2.78. The highest BCUT2D eigenvalue weighted by Gasteiger charge is 2.50.